The van der Waals surface area contributed by atoms with Gasteiger partial charge in [0, 0.05) is 82.0 Å². The highest BCUT2D eigenvalue weighted by atomic mass is 16.5. The van der Waals surface area contributed by atoms with Gasteiger partial charge in [-0.1, -0.05) is 19.1 Å². The Morgan fingerprint density at radius 1 is 1.06 bits per heavy atom. The van der Waals surface area contributed by atoms with Crippen LogP contribution in [-0.2, 0) is 33.3 Å². The predicted molar refractivity (Wildman–Crippen MR) is 166 cm³/mol. The molecule has 6 fully saturated rings. The van der Waals surface area contributed by atoms with Crippen molar-refractivity contribution in [2.24, 2.45) is 45.4 Å². The summed E-state index contributed by atoms with van der Waals surface area (Å²) in [6.45, 7) is 1.63. The van der Waals surface area contributed by atoms with E-state index in [1.54, 1.807) is 59.6 Å². The molecule has 14 atom stereocenters. The van der Waals surface area contributed by atoms with Crippen molar-refractivity contribution in [2.75, 3.05) is 39.9 Å². The maximum atomic E-state index is 13.9. The molecule has 1 spiro atoms. The van der Waals surface area contributed by atoms with Gasteiger partial charge in [0.15, 0.2) is 0 Å². The summed E-state index contributed by atoms with van der Waals surface area (Å²) >= 11 is 0. The second-order valence-electron chi connectivity index (χ2n) is 15.0. The van der Waals surface area contributed by atoms with Crippen LogP contribution < -0.4 is 4.90 Å². The first kappa shape index (κ1) is 31.5. The van der Waals surface area contributed by atoms with Gasteiger partial charge in [-0.15, -0.1) is 0 Å². The molecule has 5 aliphatic carbocycles. The van der Waals surface area contributed by atoms with Gasteiger partial charge in [0.1, 0.15) is 17.8 Å². The maximum Gasteiger partial charge on any atom is 0.340 e. The average Bonchev–Trinajstić information content (AvgIpc) is 3.58. The molecule has 0 radical (unpaired) electrons. The van der Waals surface area contributed by atoms with E-state index in [1.165, 1.54) is 0 Å². The number of para-hydroxylation sites is 1. The number of methoxy groups -OCH3 is 4. The number of carbonyl (C=O) groups is 3. The summed E-state index contributed by atoms with van der Waals surface area (Å²) in [5, 5.41) is 25.9. The molecule has 5 saturated carbocycles. The van der Waals surface area contributed by atoms with Crippen LogP contribution in [0.5, 0.6) is 0 Å². The van der Waals surface area contributed by atoms with E-state index in [9.17, 15) is 24.6 Å². The molecule has 1 aromatic carbocycles. The highest BCUT2D eigenvalue weighted by Gasteiger charge is 2.90. The van der Waals surface area contributed by atoms with Gasteiger partial charge in [-0.05, 0) is 37.3 Å². The molecule has 2 N–H and O–H groups in total. The van der Waals surface area contributed by atoms with Gasteiger partial charge in [-0.25, -0.2) is 9.69 Å². The zero-order valence-corrected chi connectivity index (χ0v) is 27.5. The SMILES string of the molecule is CO[C@H]1[C@@H]2C[C@@H]3[C@H]1[C@](O)(C[C@@H]2OC)[C@@]1(O)[C@@H](OC)[C@@H]2[C@]4(COC(=O)c5ccccc5N5C(=O)C[C@H](C)C5=O)C=N[C@H]1[C@]32[C@@H](OC)CC4. The summed E-state index contributed by atoms with van der Waals surface area (Å²) in [4.78, 5) is 45.7. The molecule has 7 bridgehead atoms. The molecular formula is C35H44N2O10. The second kappa shape index (κ2) is 10.4. The summed E-state index contributed by atoms with van der Waals surface area (Å²) in [5.74, 6) is -2.77. The zero-order chi connectivity index (χ0) is 33.3. The maximum absolute atomic E-state index is 13.9. The Morgan fingerprint density at radius 3 is 2.49 bits per heavy atom. The van der Waals surface area contributed by atoms with Crippen LogP contribution in [0.15, 0.2) is 29.3 Å². The van der Waals surface area contributed by atoms with Gasteiger partial charge in [0.2, 0.25) is 11.8 Å². The Kier molecular flexibility index (Phi) is 6.96. The molecule has 47 heavy (non-hydrogen) atoms. The Balaban J connectivity index is 1.20. The topological polar surface area (TPSA) is 153 Å². The van der Waals surface area contributed by atoms with Gasteiger partial charge in [-0.3, -0.25) is 14.6 Å². The number of ether oxygens (including phenoxy) is 5. The van der Waals surface area contributed by atoms with Crippen LogP contribution in [0.4, 0.5) is 5.69 Å². The van der Waals surface area contributed by atoms with E-state index in [2.05, 4.69) is 0 Å². The van der Waals surface area contributed by atoms with E-state index in [-0.39, 0.29) is 72.7 Å². The molecule has 254 valence electrons. The number of hydrogen-bond donors (Lipinski definition) is 2. The largest absolute Gasteiger partial charge is 0.461 e. The minimum atomic E-state index is -1.79. The molecule has 1 aromatic rings. The number of anilines is 1. The number of nitrogens with zero attached hydrogens (tertiary/aromatic N) is 2. The molecule has 12 heteroatoms. The summed E-state index contributed by atoms with van der Waals surface area (Å²) in [6, 6.07) is 5.78. The number of amides is 2. The van der Waals surface area contributed by atoms with Crippen molar-refractivity contribution in [1.29, 1.82) is 0 Å². The normalized spacial score (nSPS) is 48.7. The third-order valence-corrected chi connectivity index (χ3v) is 13.6. The fraction of sp³-hybridized carbons (Fsp3) is 0.714. The number of aliphatic imine (C=N–C) groups is 1. The number of imide groups is 1. The number of benzene rings is 1. The summed E-state index contributed by atoms with van der Waals surface area (Å²) < 4.78 is 30.8. The van der Waals surface area contributed by atoms with E-state index < -0.39 is 57.9 Å². The van der Waals surface area contributed by atoms with Crippen molar-refractivity contribution in [1.82, 2.24) is 0 Å². The number of esters is 1. The Morgan fingerprint density at radius 2 is 1.83 bits per heavy atom. The van der Waals surface area contributed by atoms with Crippen molar-refractivity contribution in [2.45, 2.75) is 80.7 Å². The van der Waals surface area contributed by atoms with Crippen LogP contribution in [0, 0.1) is 40.4 Å². The highest BCUT2D eigenvalue weighted by molar-refractivity contribution is 6.22. The third kappa shape index (κ3) is 3.54. The first-order valence-corrected chi connectivity index (χ1v) is 16.7. The highest BCUT2D eigenvalue weighted by Crippen LogP contribution is 2.79. The molecule has 12 nitrogen and oxygen atoms in total. The fourth-order valence-corrected chi connectivity index (χ4v) is 12.1. The number of aliphatic hydroxyl groups is 2. The molecular weight excluding hydrogens is 608 g/mol. The third-order valence-electron chi connectivity index (χ3n) is 13.6. The Hall–Kier alpha value is -2.74. The van der Waals surface area contributed by atoms with Crippen molar-refractivity contribution < 1.29 is 48.3 Å². The molecule has 7 aliphatic rings. The zero-order valence-electron chi connectivity index (χ0n) is 27.5. The first-order chi connectivity index (χ1) is 22.5. The van der Waals surface area contributed by atoms with Gasteiger partial charge in [0.25, 0.3) is 0 Å². The second-order valence-corrected chi connectivity index (χ2v) is 15.0. The molecule has 8 rings (SSSR count). The average molecular weight is 653 g/mol. The van der Waals surface area contributed by atoms with Gasteiger partial charge in [0.05, 0.1) is 41.7 Å². The van der Waals surface area contributed by atoms with Gasteiger partial charge in [-0.2, -0.15) is 0 Å². The summed E-state index contributed by atoms with van der Waals surface area (Å²) in [7, 11) is 6.54. The standard InChI is InChI=1S/C35H44N2O10/c1-17-12-24(38)37(29(17)39)21-9-7-6-8-18(21)30(40)47-16-32-11-10-23(44-3)34-20-13-19-22(43-2)14-33(41,25(20)26(19)45-4)35(42,31(34)36-15-32)28(46-5)27(32)34/h6-9,15,17,19-20,22-23,25-28,31,41-42H,10-14,16H2,1-5H3/t17-,19+,20+,22-,23-,25+,26-,27+,28-,31-,32-,33+,34-,35+/m0/s1. The van der Waals surface area contributed by atoms with E-state index in [1.807, 2.05) is 6.21 Å². The van der Waals surface area contributed by atoms with E-state index in [0.29, 0.717) is 19.3 Å². The lowest BCUT2D eigenvalue weighted by atomic mass is 9.44. The molecule has 0 unspecified atom stereocenters. The van der Waals surface area contributed by atoms with Crippen LogP contribution in [-0.4, -0.2) is 111 Å². The van der Waals surface area contributed by atoms with Crippen LogP contribution in [0.1, 0.15) is 49.4 Å². The Bertz CT molecular complexity index is 1550. The lowest BCUT2D eigenvalue weighted by molar-refractivity contribution is -0.293. The quantitative estimate of drug-likeness (QED) is 0.314. The molecule has 0 aromatic heterocycles. The minimum Gasteiger partial charge on any atom is -0.461 e. The van der Waals surface area contributed by atoms with E-state index in [4.69, 9.17) is 28.7 Å². The summed E-state index contributed by atoms with van der Waals surface area (Å²) in [5.41, 5.74) is -4.67. The minimum absolute atomic E-state index is 0.0187. The number of hydrogen-bond acceptors (Lipinski definition) is 11. The van der Waals surface area contributed by atoms with Crippen LogP contribution >= 0.6 is 0 Å². The molecule has 1 saturated heterocycles. The molecule has 2 amide bonds. The first-order valence-electron chi connectivity index (χ1n) is 16.7. The van der Waals surface area contributed by atoms with Gasteiger partial charge >= 0.3 is 5.97 Å². The predicted octanol–water partition coefficient (Wildman–Crippen LogP) is 1.78. The van der Waals surface area contributed by atoms with Crippen LogP contribution in [0.3, 0.4) is 0 Å². The smallest absolute Gasteiger partial charge is 0.340 e. The van der Waals surface area contributed by atoms with E-state index in [0.717, 1.165) is 4.90 Å². The number of carbonyl (C=O) groups excluding carboxylic acids is 3. The van der Waals surface area contributed by atoms with Crippen molar-refractivity contribution in [3.05, 3.63) is 29.8 Å². The Labute approximate surface area is 273 Å². The van der Waals surface area contributed by atoms with Crippen molar-refractivity contribution in [3.63, 3.8) is 0 Å². The van der Waals surface area contributed by atoms with Crippen LogP contribution in [0.2, 0.25) is 0 Å². The van der Waals surface area contributed by atoms with Crippen molar-refractivity contribution in [3.8, 4) is 0 Å². The fourth-order valence-electron chi connectivity index (χ4n) is 12.1. The van der Waals surface area contributed by atoms with Crippen LogP contribution in [0.25, 0.3) is 0 Å². The van der Waals surface area contributed by atoms with Crippen molar-refractivity contribution >= 4 is 29.7 Å². The number of rotatable bonds is 8. The molecule has 2 aliphatic heterocycles. The van der Waals surface area contributed by atoms with E-state index >= 15 is 0 Å². The lowest BCUT2D eigenvalue weighted by Crippen LogP contribution is -2.77. The summed E-state index contributed by atoms with van der Waals surface area (Å²) in [6.07, 6.45) is 2.21. The van der Waals surface area contributed by atoms with Gasteiger partial charge < -0.3 is 33.9 Å². The molecule has 2 heterocycles. The monoisotopic (exact) mass is 652 g/mol. The lowest BCUT2D eigenvalue weighted by Gasteiger charge is -2.65. The number of fused-ring (bicyclic) bond motifs is 2.